The van der Waals surface area contributed by atoms with E-state index in [0.29, 0.717) is 19.7 Å². The van der Waals surface area contributed by atoms with E-state index in [2.05, 4.69) is 31.2 Å². The molecule has 0 saturated heterocycles. The van der Waals surface area contributed by atoms with Gasteiger partial charge in [0.15, 0.2) is 11.5 Å². The van der Waals surface area contributed by atoms with Crippen LogP contribution in [0.5, 0.6) is 11.5 Å². The van der Waals surface area contributed by atoms with E-state index in [0.717, 1.165) is 38.4 Å². The van der Waals surface area contributed by atoms with E-state index in [4.69, 9.17) is 9.47 Å². The summed E-state index contributed by atoms with van der Waals surface area (Å²) < 4.78 is 12.0. The lowest BCUT2D eigenvalue weighted by atomic mass is 10.2. The summed E-state index contributed by atoms with van der Waals surface area (Å²) in [6.45, 7) is 3.92. The number of fused-ring (bicyclic) bond motifs is 1. The molecule has 5 nitrogen and oxygen atoms in total. The topological polar surface area (TPSA) is 59.2 Å². The molecule has 0 unspecified atom stereocenters. The molecule has 0 aliphatic carbocycles. The maximum Gasteiger partial charge on any atom is 0.161 e. The minimum absolute atomic E-state index is 0.601. The zero-order valence-electron chi connectivity index (χ0n) is 13.7. The third kappa shape index (κ3) is 3.71. The van der Waals surface area contributed by atoms with Crippen molar-refractivity contribution in [3.63, 3.8) is 0 Å². The summed E-state index contributed by atoms with van der Waals surface area (Å²) >= 11 is 3.59. The largest absolute Gasteiger partial charge is 0.493 e. The van der Waals surface area contributed by atoms with Gasteiger partial charge in [-0.05, 0) is 36.8 Å². The Morgan fingerprint density at radius 3 is 2.75 bits per heavy atom. The first kappa shape index (κ1) is 16.8. The van der Waals surface area contributed by atoms with Gasteiger partial charge in [-0.25, -0.2) is 4.98 Å². The smallest absolute Gasteiger partial charge is 0.161 e. The van der Waals surface area contributed by atoms with Gasteiger partial charge in [0.2, 0.25) is 0 Å². The summed E-state index contributed by atoms with van der Waals surface area (Å²) in [5, 5.41) is 3.41. The molecule has 0 saturated carbocycles. The molecule has 0 fully saturated rings. The highest BCUT2D eigenvalue weighted by atomic mass is 79.9. The summed E-state index contributed by atoms with van der Waals surface area (Å²) in [4.78, 5) is 7.88. The maximum absolute atomic E-state index is 5.64. The van der Waals surface area contributed by atoms with Gasteiger partial charge < -0.3 is 19.8 Å². The van der Waals surface area contributed by atoms with Gasteiger partial charge >= 0.3 is 0 Å². The number of rotatable bonds is 7. The normalized spacial score (nSPS) is 11.0. The fraction of sp³-hybridized carbons (Fsp3) is 0.278. The fourth-order valence-electron chi connectivity index (χ4n) is 2.55. The van der Waals surface area contributed by atoms with Gasteiger partial charge in [-0.15, -0.1) is 0 Å². The van der Waals surface area contributed by atoms with Crippen molar-refractivity contribution in [2.24, 2.45) is 0 Å². The number of aromatic amines is 1. The zero-order chi connectivity index (χ0) is 16.9. The van der Waals surface area contributed by atoms with Crippen LogP contribution in [0.15, 0.2) is 40.9 Å². The maximum atomic E-state index is 5.64. The summed E-state index contributed by atoms with van der Waals surface area (Å²) in [5.74, 6) is 2.40. The van der Waals surface area contributed by atoms with Gasteiger partial charge in [0.1, 0.15) is 5.82 Å². The van der Waals surface area contributed by atoms with Crippen LogP contribution >= 0.6 is 15.9 Å². The molecular weight excluding hydrogens is 370 g/mol. The minimum Gasteiger partial charge on any atom is -0.493 e. The van der Waals surface area contributed by atoms with E-state index >= 15 is 0 Å². The van der Waals surface area contributed by atoms with Crippen LogP contribution in [0.2, 0.25) is 0 Å². The zero-order valence-corrected chi connectivity index (χ0v) is 15.3. The Balaban J connectivity index is 1.68. The lowest BCUT2D eigenvalue weighted by molar-refractivity contribution is 0.310. The number of hydrogen-bond donors (Lipinski definition) is 2. The van der Waals surface area contributed by atoms with Crippen LogP contribution in [0.25, 0.3) is 11.0 Å². The fourth-order valence-corrected chi connectivity index (χ4v) is 3.01. The molecule has 0 spiro atoms. The summed E-state index contributed by atoms with van der Waals surface area (Å²) in [6, 6.07) is 12.0. The average Bonchev–Trinajstić information content (AvgIpc) is 3.00. The summed E-state index contributed by atoms with van der Waals surface area (Å²) in [6.07, 6.45) is 0. The Kier molecular flexibility index (Phi) is 5.37. The predicted molar refractivity (Wildman–Crippen MR) is 98.5 cm³/mol. The van der Waals surface area contributed by atoms with E-state index in [1.165, 1.54) is 0 Å². The van der Waals surface area contributed by atoms with E-state index in [-0.39, 0.29) is 0 Å². The predicted octanol–water partition coefficient (Wildman–Crippen LogP) is 4.02. The average molecular weight is 390 g/mol. The van der Waals surface area contributed by atoms with Crippen molar-refractivity contribution < 1.29 is 9.47 Å². The molecular formula is C18H20BrN3O2. The van der Waals surface area contributed by atoms with Crippen LogP contribution in [0.3, 0.4) is 0 Å². The van der Waals surface area contributed by atoms with E-state index < -0.39 is 0 Å². The molecule has 1 aromatic heterocycles. The van der Waals surface area contributed by atoms with Crippen LogP contribution in [0, 0.1) is 0 Å². The minimum atomic E-state index is 0.601. The highest BCUT2D eigenvalue weighted by Gasteiger charge is 2.10. The lowest BCUT2D eigenvalue weighted by Crippen LogP contribution is -2.14. The van der Waals surface area contributed by atoms with Crippen molar-refractivity contribution in [2.75, 3.05) is 13.7 Å². The molecule has 24 heavy (non-hydrogen) atoms. The molecule has 1 heterocycles. The Morgan fingerprint density at radius 1 is 1.17 bits per heavy atom. The molecule has 2 aromatic carbocycles. The highest BCUT2D eigenvalue weighted by Crippen LogP contribution is 2.33. The summed E-state index contributed by atoms with van der Waals surface area (Å²) in [5.41, 5.74) is 3.15. The van der Waals surface area contributed by atoms with Crippen molar-refractivity contribution in [3.05, 3.63) is 52.3 Å². The van der Waals surface area contributed by atoms with Crippen molar-refractivity contribution >= 4 is 27.0 Å². The number of para-hydroxylation sites is 2. The number of aromatic nitrogens is 2. The van der Waals surface area contributed by atoms with Gasteiger partial charge in [-0.3, -0.25) is 0 Å². The van der Waals surface area contributed by atoms with E-state index in [9.17, 15) is 0 Å². The number of nitrogens with one attached hydrogen (secondary N) is 2. The van der Waals surface area contributed by atoms with E-state index in [1.807, 2.05) is 43.3 Å². The molecule has 0 aliphatic rings. The molecule has 126 valence electrons. The second kappa shape index (κ2) is 7.68. The third-order valence-corrected chi connectivity index (χ3v) is 4.42. The molecule has 3 rings (SSSR count). The Labute approximate surface area is 149 Å². The third-order valence-electron chi connectivity index (χ3n) is 3.68. The number of halogens is 1. The number of hydrogen-bond acceptors (Lipinski definition) is 4. The standard InChI is InChI=1S/C18H20BrN3O2/c1-3-24-17-8-12(13(19)9-16(17)23-2)10-20-11-18-21-14-6-4-5-7-15(14)22-18/h4-9,20H,3,10-11H2,1-2H3,(H,21,22). The Morgan fingerprint density at radius 2 is 2.00 bits per heavy atom. The number of nitrogens with zero attached hydrogens (tertiary/aromatic N) is 1. The first-order valence-electron chi connectivity index (χ1n) is 7.84. The van der Waals surface area contributed by atoms with Crippen molar-refractivity contribution in [1.82, 2.24) is 15.3 Å². The van der Waals surface area contributed by atoms with Crippen molar-refractivity contribution in [3.8, 4) is 11.5 Å². The first-order chi connectivity index (χ1) is 11.7. The molecule has 0 radical (unpaired) electrons. The van der Waals surface area contributed by atoms with E-state index in [1.54, 1.807) is 7.11 Å². The molecule has 0 atom stereocenters. The van der Waals surface area contributed by atoms with Gasteiger partial charge in [-0.2, -0.15) is 0 Å². The number of imidazole rings is 1. The molecule has 3 aromatic rings. The van der Waals surface area contributed by atoms with Crippen LogP contribution < -0.4 is 14.8 Å². The molecule has 6 heteroatoms. The van der Waals surface area contributed by atoms with Crippen molar-refractivity contribution in [1.29, 1.82) is 0 Å². The van der Waals surface area contributed by atoms with Crippen LogP contribution in [-0.2, 0) is 13.1 Å². The molecule has 0 aliphatic heterocycles. The van der Waals surface area contributed by atoms with Gasteiger partial charge in [0, 0.05) is 11.0 Å². The SMILES string of the molecule is CCOc1cc(CNCc2nc3ccccc3[nH]2)c(Br)cc1OC. The van der Waals surface area contributed by atoms with Crippen LogP contribution in [0.1, 0.15) is 18.3 Å². The highest BCUT2D eigenvalue weighted by molar-refractivity contribution is 9.10. The van der Waals surface area contributed by atoms with Gasteiger partial charge in [0.05, 0.1) is 31.3 Å². The number of H-pyrrole nitrogens is 1. The summed E-state index contributed by atoms with van der Waals surface area (Å²) in [7, 11) is 1.64. The van der Waals surface area contributed by atoms with Crippen LogP contribution in [0.4, 0.5) is 0 Å². The Bertz CT molecular complexity index is 799. The number of ether oxygens (including phenoxy) is 2. The number of methoxy groups -OCH3 is 1. The first-order valence-corrected chi connectivity index (χ1v) is 8.64. The molecule has 0 amide bonds. The van der Waals surface area contributed by atoms with Gasteiger partial charge in [0.25, 0.3) is 0 Å². The molecule has 2 N–H and O–H groups in total. The monoisotopic (exact) mass is 389 g/mol. The van der Waals surface area contributed by atoms with Gasteiger partial charge in [-0.1, -0.05) is 28.1 Å². The van der Waals surface area contributed by atoms with Crippen molar-refractivity contribution in [2.45, 2.75) is 20.0 Å². The second-order valence-corrected chi connectivity index (χ2v) is 6.19. The molecule has 0 bridgehead atoms. The number of benzene rings is 2. The van der Waals surface area contributed by atoms with Crippen LogP contribution in [-0.4, -0.2) is 23.7 Å². The quantitative estimate of drug-likeness (QED) is 0.640. The Hall–Kier alpha value is -2.05. The lowest BCUT2D eigenvalue weighted by Gasteiger charge is -2.13. The second-order valence-electron chi connectivity index (χ2n) is 5.33.